The van der Waals surface area contributed by atoms with Gasteiger partial charge in [0.05, 0.1) is 39.7 Å². The van der Waals surface area contributed by atoms with Crippen molar-refractivity contribution in [3.05, 3.63) is 229 Å². The van der Waals surface area contributed by atoms with Crippen molar-refractivity contribution in [1.82, 2.24) is 24.1 Å². The maximum absolute atomic E-state index is 5.68. The molecule has 0 radical (unpaired) electrons. The molecule has 2 atom stereocenters. The minimum atomic E-state index is -0.128. The van der Waals surface area contributed by atoms with Gasteiger partial charge in [-0.2, -0.15) is 15.0 Å². The van der Waals surface area contributed by atoms with Crippen LogP contribution in [-0.2, 0) is 0 Å². The molecule has 0 fully saturated rings. The molecule has 11 aromatic rings. The lowest BCUT2D eigenvalue weighted by molar-refractivity contribution is 0.688. The van der Waals surface area contributed by atoms with Gasteiger partial charge in [-0.15, -0.1) is 0 Å². The Balaban J connectivity index is 1.07. The lowest BCUT2D eigenvalue weighted by atomic mass is 9.82. The first kappa shape index (κ1) is 35.1. The number of rotatable bonds is 5. The second-order valence-corrected chi connectivity index (χ2v) is 16.8. The third-order valence-electron chi connectivity index (χ3n) is 13.5. The Morgan fingerprint density at radius 1 is 0.406 bits per heavy atom. The zero-order valence-corrected chi connectivity index (χ0v) is 34.5. The number of nitrogens with zero attached hydrogens (tertiary/aromatic N) is 7. The summed E-state index contributed by atoms with van der Waals surface area (Å²) < 4.78 is 4.69. The van der Waals surface area contributed by atoms with Gasteiger partial charge >= 0.3 is 0 Å². The van der Waals surface area contributed by atoms with E-state index in [1.807, 2.05) is 6.07 Å². The summed E-state index contributed by atoms with van der Waals surface area (Å²) in [5.74, 6) is 1.77. The highest BCUT2D eigenvalue weighted by Gasteiger charge is 2.49. The number of anilines is 4. The van der Waals surface area contributed by atoms with Crippen molar-refractivity contribution in [3.63, 3.8) is 0 Å². The molecule has 1 aliphatic carbocycles. The highest BCUT2D eigenvalue weighted by molar-refractivity contribution is 6.23. The van der Waals surface area contributed by atoms with Gasteiger partial charge in [-0.1, -0.05) is 158 Å². The summed E-state index contributed by atoms with van der Waals surface area (Å²) >= 11 is 0. The number of fused-ring (bicyclic) bond motifs is 14. The summed E-state index contributed by atoms with van der Waals surface area (Å²) in [6, 6.07) is 71.1. The predicted octanol–water partition coefficient (Wildman–Crippen LogP) is 13.5. The molecule has 0 N–H and O–H groups in total. The molecule has 14 rings (SSSR count). The van der Waals surface area contributed by atoms with Crippen molar-refractivity contribution < 1.29 is 0 Å². The summed E-state index contributed by atoms with van der Waals surface area (Å²) in [7, 11) is 0. The Bertz CT molecular complexity index is 3750. The summed E-state index contributed by atoms with van der Waals surface area (Å²) in [6.07, 6.45) is 4.65. The lowest BCUT2D eigenvalue weighted by Crippen LogP contribution is -2.36. The van der Waals surface area contributed by atoms with Crippen LogP contribution >= 0.6 is 0 Å². The van der Waals surface area contributed by atoms with Crippen molar-refractivity contribution in [2.24, 2.45) is 0 Å². The summed E-state index contributed by atoms with van der Waals surface area (Å²) in [5, 5.41) is 4.63. The molecular formula is C57H37N7. The molecule has 7 nitrogen and oxygen atoms in total. The fraction of sp³-hybridized carbons (Fsp3) is 0.0351. The highest BCUT2D eigenvalue weighted by atomic mass is 15.4. The van der Waals surface area contributed by atoms with Crippen LogP contribution in [0.4, 0.5) is 23.0 Å². The van der Waals surface area contributed by atoms with Gasteiger partial charge in [0.25, 0.3) is 0 Å². The molecule has 0 saturated heterocycles. The SMILES string of the molecule is C1=C2c3ccccc3N(c3nc(-c4ccccc4)nc(-n4c5ccccc5c5ccc6c7ccccc7n(-c7ccccc7)c6c54)n3)C2C2C(=C1)N(c1ccccc1)c1ccccc12. The van der Waals surface area contributed by atoms with E-state index in [-0.39, 0.29) is 12.0 Å². The van der Waals surface area contributed by atoms with Gasteiger partial charge < -0.3 is 14.4 Å². The average Bonchev–Trinajstić information content (AvgIpc) is 4.10. The van der Waals surface area contributed by atoms with Gasteiger partial charge in [0.2, 0.25) is 11.9 Å². The van der Waals surface area contributed by atoms with E-state index in [2.05, 4.69) is 225 Å². The van der Waals surface area contributed by atoms with E-state index in [4.69, 9.17) is 15.0 Å². The maximum atomic E-state index is 5.68. The van der Waals surface area contributed by atoms with Crippen LogP contribution in [0.5, 0.6) is 0 Å². The minimum absolute atomic E-state index is 0.00126. The van der Waals surface area contributed by atoms with E-state index < -0.39 is 0 Å². The summed E-state index contributed by atoms with van der Waals surface area (Å²) in [5.41, 5.74) is 14.7. The molecule has 7 heteroatoms. The number of allylic oxidation sites excluding steroid dienone is 2. The van der Waals surface area contributed by atoms with Crippen molar-refractivity contribution in [3.8, 4) is 23.0 Å². The topological polar surface area (TPSA) is 55.0 Å². The van der Waals surface area contributed by atoms with E-state index in [0.717, 1.165) is 55.5 Å². The Hall–Kier alpha value is -8.55. The molecule has 8 aromatic carbocycles. The monoisotopic (exact) mass is 819 g/mol. The number of aromatic nitrogens is 5. The largest absolute Gasteiger partial charge is 0.313 e. The number of benzene rings is 8. The van der Waals surface area contributed by atoms with E-state index in [1.165, 1.54) is 38.9 Å². The first-order chi connectivity index (χ1) is 31.8. The summed E-state index contributed by atoms with van der Waals surface area (Å²) in [6.45, 7) is 0. The van der Waals surface area contributed by atoms with Crippen LogP contribution in [0.1, 0.15) is 17.0 Å². The maximum Gasteiger partial charge on any atom is 0.240 e. The molecule has 300 valence electrons. The van der Waals surface area contributed by atoms with Crippen molar-refractivity contribution in [1.29, 1.82) is 0 Å². The van der Waals surface area contributed by atoms with Crippen LogP contribution in [0.3, 0.4) is 0 Å². The fourth-order valence-corrected chi connectivity index (χ4v) is 10.9. The quantitative estimate of drug-likeness (QED) is 0.173. The molecular weight excluding hydrogens is 783 g/mol. The van der Waals surface area contributed by atoms with E-state index in [0.29, 0.717) is 17.7 Å². The average molecular weight is 820 g/mol. The zero-order valence-electron chi connectivity index (χ0n) is 34.5. The molecule has 3 aromatic heterocycles. The summed E-state index contributed by atoms with van der Waals surface area (Å²) in [4.78, 5) is 21.5. The van der Waals surface area contributed by atoms with E-state index >= 15 is 0 Å². The van der Waals surface area contributed by atoms with Crippen molar-refractivity contribution >= 4 is 72.2 Å². The molecule has 0 saturated carbocycles. The first-order valence-electron chi connectivity index (χ1n) is 21.9. The molecule has 0 spiro atoms. The molecule has 2 unspecified atom stereocenters. The highest BCUT2D eigenvalue weighted by Crippen LogP contribution is 2.59. The van der Waals surface area contributed by atoms with Gasteiger partial charge in [0, 0.05) is 55.4 Å². The molecule has 2 aliphatic heterocycles. The third-order valence-corrected chi connectivity index (χ3v) is 13.5. The molecule has 5 heterocycles. The van der Waals surface area contributed by atoms with Crippen LogP contribution in [-0.4, -0.2) is 30.1 Å². The van der Waals surface area contributed by atoms with Crippen molar-refractivity contribution in [2.45, 2.75) is 12.0 Å². The second-order valence-electron chi connectivity index (χ2n) is 16.8. The Morgan fingerprint density at radius 2 is 0.969 bits per heavy atom. The van der Waals surface area contributed by atoms with Gasteiger partial charge in [-0.25, -0.2) is 0 Å². The molecule has 64 heavy (non-hydrogen) atoms. The van der Waals surface area contributed by atoms with Gasteiger partial charge in [-0.3, -0.25) is 4.57 Å². The van der Waals surface area contributed by atoms with Crippen LogP contribution in [0.2, 0.25) is 0 Å². The predicted molar refractivity (Wildman–Crippen MR) is 260 cm³/mol. The fourth-order valence-electron chi connectivity index (χ4n) is 10.9. The minimum Gasteiger partial charge on any atom is -0.313 e. The Morgan fingerprint density at radius 3 is 1.70 bits per heavy atom. The van der Waals surface area contributed by atoms with E-state index in [9.17, 15) is 0 Å². The zero-order chi connectivity index (χ0) is 41.9. The molecule has 3 aliphatic rings. The van der Waals surface area contributed by atoms with Crippen LogP contribution in [0, 0.1) is 0 Å². The van der Waals surface area contributed by atoms with Gasteiger partial charge in [-0.05, 0) is 65.7 Å². The molecule has 0 bridgehead atoms. The Labute approximate surface area is 368 Å². The molecule has 0 amide bonds. The normalized spacial score (nSPS) is 16.2. The van der Waals surface area contributed by atoms with E-state index in [1.54, 1.807) is 0 Å². The number of hydrogen-bond donors (Lipinski definition) is 0. The van der Waals surface area contributed by atoms with Crippen molar-refractivity contribution in [2.75, 3.05) is 9.80 Å². The number of hydrogen-bond acceptors (Lipinski definition) is 5. The second kappa shape index (κ2) is 13.5. The smallest absolute Gasteiger partial charge is 0.240 e. The number of para-hydroxylation sites is 6. The lowest BCUT2D eigenvalue weighted by Gasteiger charge is -2.35. The van der Waals surface area contributed by atoms with Crippen LogP contribution in [0.15, 0.2) is 218 Å². The van der Waals surface area contributed by atoms with Crippen LogP contribution < -0.4 is 9.80 Å². The third kappa shape index (κ3) is 4.89. The van der Waals surface area contributed by atoms with Gasteiger partial charge in [0.15, 0.2) is 5.82 Å². The standard InChI is InChI=1S/C57H37N7/c1-4-18-36(19-5-1)55-58-56(63-47-29-15-11-24-39(47)42-34-35-50-51(52(42)63)45-27-13-17-31-49(45)61(50)37-20-6-2-7-21-37)60-57(59-55)64-48-30-16-12-26-41(48)44-33-32-43-40-25-10-14-28-46(40)62(53(43)54(44)64)38-22-8-3-9-23-38/h1-35,51-52H. The first-order valence-corrected chi connectivity index (χ1v) is 21.9. The van der Waals surface area contributed by atoms with Crippen LogP contribution in [0.25, 0.3) is 72.2 Å². The Kier molecular flexibility index (Phi) is 7.39. The van der Waals surface area contributed by atoms with Gasteiger partial charge in [0.1, 0.15) is 0 Å².